The molecule has 0 aliphatic carbocycles. The van der Waals surface area contributed by atoms with Crippen LogP contribution in [0.25, 0.3) is 0 Å². The van der Waals surface area contributed by atoms with Gasteiger partial charge in [-0.2, -0.15) is 10.4 Å². The Labute approximate surface area is 154 Å². The maximum atomic E-state index is 13.9. The molecule has 1 heterocycles. The van der Waals surface area contributed by atoms with E-state index in [9.17, 15) is 9.18 Å². The van der Waals surface area contributed by atoms with Crippen LogP contribution in [0.3, 0.4) is 0 Å². The number of aromatic nitrogens is 2. The fourth-order valence-electron chi connectivity index (χ4n) is 2.48. The normalized spacial score (nSPS) is 10.1. The quantitative estimate of drug-likeness (QED) is 0.605. The minimum absolute atomic E-state index is 0.194. The molecule has 0 saturated heterocycles. The molecule has 0 fully saturated rings. The van der Waals surface area contributed by atoms with Crippen molar-refractivity contribution in [1.82, 2.24) is 9.78 Å². The fraction of sp³-hybridized carbons (Fsp3) is 0.0526. The zero-order chi connectivity index (χ0) is 19.4. The van der Waals surface area contributed by atoms with Gasteiger partial charge in [0.15, 0.2) is 0 Å². The van der Waals surface area contributed by atoms with Crippen LogP contribution in [0.15, 0.2) is 48.8 Å². The number of hydrogen-bond donors (Lipinski definition) is 3. The highest BCUT2D eigenvalue weighted by atomic mass is 19.1. The van der Waals surface area contributed by atoms with E-state index in [2.05, 4.69) is 15.7 Å². The van der Waals surface area contributed by atoms with Crippen LogP contribution in [0.1, 0.15) is 21.5 Å². The van der Waals surface area contributed by atoms with Crippen LogP contribution in [0, 0.1) is 22.6 Å². The van der Waals surface area contributed by atoms with Crippen LogP contribution in [0.5, 0.6) is 0 Å². The summed E-state index contributed by atoms with van der Waals surface area (Å²) in [6.07, 6.45) is 4.57. The summed E-state index contributed by atoms with van der Waals surface area (Å²) in [5.41, 5.74) is 2.30. The number of amides is 1. The first-order chi connectivity index (χ1) is 13.0. The number of nitrogens with zero attached hydrogens (tertiary/aromatic N) is 3. The van der Waals surface area contributed by atoms with E-state index in [0.29, 0.717) is 16.9 Å². The van der Waals surface area contributed by atoms with Crippen LogP contribution in [-0.4, -0.2) is 21.9 Å². The average molecular weight is 362 g/mol. The number of rotatable bonds is 5. The van der Waals surface area contributed by atoms with Crippen molar-refractivity contribution in [2.45, 2.75) is 0 Å². The predicted octanol–water partition coefficient (Wildman–Crippen LogP) is 3.42. The van der Waals surface area contributed by atoms with E-state index in [1.807, 2.05) is 6.07 Å². The fourth-order valence-corrected chi connectivity index (χ4v) is 2.48. The van der Waals surface area contributed by atoms with Crippen LogP contribution in [-0.2, 0) is 7.05 Å². The molecule has 0 radical (unpaired) electrons. The van der Waals surface area contributed by atoms with Crippen molar-refractivity contribution in [3.8, 4) is 6.07 Å². The monoisotopic (exact) mass is 362 g/mol. The van der Waals surface area contributed by atoms with E-state index >= 15 is 0 Å². The van der Waals surface area contributed by atoms with Gasteiger partial charge in [0.25, 0.3) is 5.91 Å². The average Bonchev–Trinajstić information content (AvgIpc) is 3.07. The topological polar surface area (TPSA) is 107 Å². The number of hydrogen-bond acceptors (Lipinski definition) is 5. The molecule has 3 rings (SSSR count). The number of benzene rings is 2. The van der Waals surface area contributed by atoms with Gasteiger partial charge >= 0.3 is 0 Å². The molecule has 1 aromatic heterocycles. The SMILES string of the molecule is Cn1cc(Nc2cc(NC(=O)c3cc(C#N)ccc3F)ccc2C=N)cn1. The van der Waals surface area contributed by atoms with Gasteiger partial charge in [0.05, 0.1) is 29.1 Å². The van der Waals surface area contributed by atoms with E-state index < -0.39 is 11.7 Å². The van der Waals surface area contributed by atoms with Crippen molar-refractivity contribution in [2.75, 3.05) is 10.6 Å². The second-order valence-corrected chi connectivity index (χ2v) is 5.73. The molecule has 3 aromatic rings. The Balaban J connectivity index is 1.87. The number of nitriles is 1. The lowest BCUT2D eigenvalue weighted by atomic mass is 10.1. The lowest BCUT2D eigenvalue weighted by Crippen LogP contribution is -2.14. The summed E-state index contributed by atoms with van der Waals surface area (Å²) in [7, 11) is 1.78. The molecule has 7 nitrogen and oxygen atoms in total. The molecule has 2 aromatic carbocycles. The van der Waals surface area contributed by atoms with Crippen LogP contribution >= 0.6 is 0 Å². The Bertz CT molecular complexity index is 1070. The third-order valence-electron chi connectivity index (χ3n) is 3.79. The van der Waals surface area contributed by atoms with Gasteiger partial charge in [-0.25, -0.2) is 4.39 Å². The predicted molar refractivity (Wildman–Crippen MR) is 99.9 cm³/mol. The lowest BCUT2D eigenvalue weighted by Gasteiger charge is -2.12. The molecule has 0 bridgehead atoms. The highest BCUT2D eigenvalue weighted by molar-refractivity contribution is 6.05. The summed E-state index contributed by atoms with van der Waals surface area (Å²) in [5.74, 6) is -1.38. The minimum Gasteiger partial charge on any atom is -0.352 e. The first-order valence-electron chi connectivity index (χ1n) is 7.91. The van der Waals surface area contributed by atoms with Crippen molar-refractivity contribution in [1.29, 1.82) is 10.7 Å². The Hall–Kier alpha value is -3.99. The highest BCUT2D eigenvalue weighted by Gasteiger charge is 2.14. The molecule has 1 amide bonds. The van der Waals surface area contributed by atoms with Gasteiger partial charge in [-0.3, -0.25) is 9.48 Å². The summed E-state index contributed by atoms with van der Waals surface area (Å²) in [4.78, 5) is 12.4. The molecule has 27 heavy (non-hydrogen) atoms. The summed E-state index contributed by atoms with van der Waals surface area (Å²) >= 11 is 0. The van der Waals surface area contributed by atoms with Gasteiger partial charge in [-0.15, -0.1) is 0 Å². The van der Waals surface area contributed by atoms with Gasteiger partial charge in [0.2, 0.25) is 0 Å². The molecular formula is C19H15FN6O. The van der Waals surface area contributed by atoms with E-state index in [1.54, 1.807) is 42.3 Å². The Morgan fingerprint density at radius 3 is 2.78 bits per heavy atom. The summed E-state index contributed by atoms with van der Waals surface area (Å²) in [6, 6.07) is 10.4. The number of aryl methyl sites for hydroxylation is 1. The van der Waals surface area contributed by atoms with Crippen molar-refractivity contribution in [3.63, 3.8) is 0 Å². The number of carbonyl (C=O) groups is 1. The van der Waals surface area contributed by atoms with Gasteiger partial charge in [-0.1, -0.05) is 0 Å². The second-order valence-electron chi connectivity index (χ2n) is 5.73. The van der Waals surface area contributed by atoms with Crippen LogP contribution < -0.4 is 10.6 Å². The van der Waals surface area contributed by atoms with E-state index in [0.717, 1.165) is 11.8 Å². The molecule has 0 spiro atoms. The van der Waals surface area contributed by atoms with Gasteiger partial charge in [0.1, 0.15) is 5.82 Å². The third-order valence-corrected chi connectivity index (χ3v) is 3.79. The van der Waals surface area contributed by atoms with Gasteiger partial charge < -0.3 is 16.0 Å². The molecule has 134 valence electrons. The zero-order valence-electron chi connectivity index (χ0n) is 14.3. The van der Waals surface area contributed by atoms with E-state index in [1.165, 1.54) is 18.3 Å². The first kappa shape index (κ1) is 17.8. The molecule has 8 heteroatoms. The number of carbonyl (C=O) groups excluding carboxylic acids is 1. The number of halogens is 1. The Kier molecular flexibility index (Phi) is 4.95. The van der Waals surface area contributed by atoms with E-state index in [4.69, 9.17) is 10.7 Å². The van der Waals surface area contributed by atoms with Crippen molar-refractivity contribution in [2.24, 2.45) is 7.05 Å². The first-order valence-corrected chi connectivity index (χ1v) is 7.91. The smallest absolute Gasteiger partial charge is 0.258 e. The maximum Gasteiger partial charge on any atom is 0.258 e. The van der Waals surface area contributed by atoms with Crippen molar-refractivity contribution in [3.05, 3.63) is 71.3 Å². The highest BCUT2D eigenvalue weighted by Crippen LogP contribution is 2.24. The van der Waals surface area contributed by atoms with Crippen LogP contribution in [0.2, 0.25) is 0 Å². The van der Waals surface area contributed by atoms with Gasteiger partial charge in [0, 0.05) is 36.4 Å². The maximum absolute atomic E-state index is 13.9. The van der Waals surface area contributed by atoms with Crippen molar-refractivity contribution < 1.29 is 9.18 Å². The second kappa shape index (κ2) is 7.49. The third kappa shape index (κ3) is 3.99. The molecule has 0 saturated carbocycles. The largest absolute Gasteiger partial charge is 0.352 e. The summed E-state index contributed by atoms with van der Waals surface area (Å²) in [6.45, 7) is 0. The molecule has 0 aliphatic rings. The minimum atomic E-state index is -0.712. The molecule has 0 atom stereocenters. The number of nitrogens with one attached hydrogen (secondary N) is 3. The van der Waals surface area contributed by atoms with Gasteiger partial charge in [-0.05, 0) is 36.4 Å². The standard InChI is InChI=1S/C19H15FN6O/c1-26-11-15(10-23-26)24-18-7-14(4-3-13(18)9-22)25-19(27)16-6-12(8-21)2-5-17(16)20/h2-7,9-11,22,24H,1H3,(H,25,27). The van der Waals surface area contributed by atoms with Crippen LogP contribution in [0.4, 0.5) is 21.5 Å². The summed E-state index contributed by atoms with van der Waals surface area (Å²) in [5, 5.41) is 26.2. The van der Waals surface area contributed by atoms with Crippen molar-refractivity contribution >= 4 is 29.2 Å². The zero-order valence-corrected chi connectivity index (χ0v) is 14.3. The summed E-state index contributed by atoms with van der Waals surface area (Å²) < 4.78 is 15.6. The lowest BCUT2D eigenvalue weighted by molar-refractivity contribution is 0.102. The van der Waals surface area contributed by atoms with E-state index in [-0.39, 0.29) is 11.1 Å². The molecule has 0 unspecified atom stereocenters. The number of anilines is 3. The molecule has 0 aliphatic heterocycles. The Morgan fingerprint density at radius 2 is 2.11 bits per heavy atom. The molecule has 3 N–H and O–H groups in total. The molecular weight excluding hydrogens is 347 g/mol. The Morgan fingerprint density at radius 1 is 1.30 bits per heavy atom.